The zero-order valence-corrected chi connectivity index (χ0v) is 17.5. The fourth-order valence-corrected chi connectivity index (χ4v) is 4.03. The quantitative estimate of drug-likeness (QED) is 0.489. The van der Waals surface area contributed by atoms with Gasteiger partial charge in [0.15, 0.2) is 5.75 Å². The van der Waals surface area contributed by atoms with Crippen molar-refractivity contribution in [3.8, 4) is 11.5 Å². The van der Waals surface area contributed by atoms with Crippen LogP contribution in [0.2, 0.25) is 0 Å². The molecule has 0 aliphatic carbocycles. The lowest BCUT2D eigenvalue weighted by atomic mass is 9.96. The minimum absolute atomic E-state index is 0.00749. The van der Waals surface area contributed by atoms with Crippen LogP contribution in [0.4, 0.5) is 5.69 Å². The lowest BCUT2D eigenvalue weighted by Crippen LogP contribution is -2.40. The van der Waals surface area contributed by atoms with Gasteiger partial charge in [-0.1, -0.05) is 18.2 Å². The van der Waals surface area contributed by atoms with Crippen molar-refractivity contribution in [1.29, 1.82) is 0 Å². The van der Waals surface area contributed by atoms with Crippen LogP contribution in [0.25, 0.3) is 11.0 Å². The van der Waals surface area contributed by atoms with Crippen LogP contribution < -0.4 is 10.1 Å². The first-order chi connectivity index (χ1) is 15.7. The summed E-state index contributed by atoms with van der Waals surface area (Å²) in [6.45, 7) is 2.42. The summed E-state index contributed by atoms with van der Waals surface area (Å²) in [5.41, 5.74) is 3.28. The fraction of sp³-hybridized carbons (Fsp3) is 0.250. The molecule has 1 saturated heterocycles. The van der Waals surface area contributed by atoms with Crippen LogP contribution in [0.15, 0.2) is 71.6 Å². The zero-order chi connectivity index (χ0) is 21.8. The minimum atomic E-state index is -0.0901. The Morgan fingerprint density at radius 2 is 2.03 bits per heavy atom. The maximum Gasteiger partial charge on any atom is 0.228 e. The predicted octanol–water partition coefficient (Wildman–Crippen LogP) is 4.26. The topological polar surface area (TPSA) is 93.4 Å². The van der Waals surface area contributed by atoms with Crippen molar-refractivity contribution in [1.82, 2.24) is 20.2 Å². The first kappa shape index (κ1) is 20.1. The summed E-state index contributed by atoms with van der Waals surface area (Å²) in [5, 5.41) is 10.8. The van der Waals surface area contributed by atoms with Crippen LogP contribution >= 0.6 is 0 Å². The Hall–Kier alpha value is -3.78. The number of piperidine rings is 1. The van der Waals surface area contributed by atoms with E-state index in [4.69, 9.17) is 9.37 Å². The number of carbonyl (C=O) groups is 1. The number of hydrogen-bond acceptors (Lipinski definition) is 7. The van der Waals surface area contributed by atoms with Crippen molar-refractivity contribution < 1.29 is 14.2 Å². The summed E-state index contributed by atoms with van der Waals surface area (Å²) in [6.07, 6.45) is 5.17. The SMILES string of the molecule is O=C(Nc1ccccc1Oc1cccnc1)C1CCCN(Cc2ccc3nonc3c2)C1. The number of anilines is 1. The molecule has 3 heterocycles. The maximum atomic E-state index is 13.1. The molecule has 32 heavy (non-hydrogen) atoms. The minimum Gasteiger partial charge on any atom is -0.454 e. The number of benzene rings is 2. The first-order valence-electron chi connectivity index (χ1n) is 10.7. The van der Waals surface area contributed by atoms with Gasteiger partial charge in [0, 0.05) is 19.3 Å². The van der Waals surface area contributed by atoms with Crippen molar-refractivity contribution in [2.24, 2.45) is 5.92 Å². The van der Waals surface area contributed by atoms with Crippen LogP contribution in [-0.2, 0) is 11.3 Å². The maximum absolute atomic E-state index is 13.1. The molecule has 1 aliphatic rings. The number of ether oxygens (including phenoxy) is 1. The molecule has 2 aromatic heterocycles. The van der Waals surface area contributed by atoms with Crippen molar-refractivity contribution in [3.05, 3.63) is 72.6 Å². The van der Waals surface area contributed by atoms with Gasteiger partial charge in [0.25, 0.3) is 0 Å². The zero-order valence-electron chi connectivity index (χ0n) is 17.5. The molecule has 2 aromatic carbocycles. The summed E-state index contributed by atoms with van der Waals surface area (Å²) in [7, 11) is 0. The van der Waals surface area contributed by atoms with Crippen LogP contribution in [-0.4, -0.2) is 39.2 Å². The van der Waals surface area contributed by atoms with Gasteiger partial charge in [-0.3, -0.25) is 14.7 Å². The molecule has 5 rings (SSSR count). The number of pyridine rings is 1. The molecular formula is C24H23N5O3. The van der Waals surface area contributed by atoms with Gasteiger partial charge in [-0.25, -0.2) is 4.63 Å². The van der Waals surface area contributed by atoms with Crippen molar-refractivity contribution in [2.45, 2.75) is 19.4 Å². The Morgan fingerprint density at radius 3 is 2.94 bits per heavy atom. The highest BCUT2D eigenvalue weighted by atomic mass is 16.6. The third-order valence-electron chi connectivity index (χ3n) is 5.61. The standard InChI is InChI=1S/C24H23N5O3/c30-24(26-21-7-1-2-8-23(21)31-19-6-3-11-25-14-19)18-5-4-12-29(16-18)15-17-9-10-20-22(13-17)28-32-27-20/h1-3,6-11,13-14,18H,4-5,12,15-16H2,(H,26,30). The third-order valence-corrected chi connectivity index (χ3v) is 5.61. The second-order valence-electron chi connectivity index (χ2n) is 7.94. The van der Waals surface area contributed by atoms with E-state index in [2.05, 4.69) is 25.5 Å². The van der Waals surface area contributed by atoms with E-state index in [1.165, 1.54) is 0 Å². The number of likely N-dealkylation sites (tertiary alicyclic amines) is 1. The molecule has 1 unspecified atom stereocenters. The van der Waals surface area contributed by atoms with Gasteiger partial charge in [-0.2, -0.15) is 0 Å². The molecule has 4 aromatic rings. The van der Waals surface area contributed by atoms with Gasteiger partial charge < -0.3 is 10.1 Å². The Balaban J connectivity index is 1.24. The molecule has 1 aliphatic heterocycles. The third kappa shape index (κ3) is 4.60. The van der Waals surface area contributed by atoms with Crippen LogP contribution in [0.3, 0.4) is 0 Å². The van der Waals surface area contributed by atoms with E-state index in [9.17, 15) is 4.79 Å². The molecule has 8 nitrogen and oxygen atoms in total. The highest BCUT2D eigenvalue weighted by Gasteiger charge is 2.26. The van der Waals surface area contributed by atoms with Crippen molar-refractivity contribution in [3.63, 3.8) is 0 Å². The second kappa shape index (κ2) is 9.15. The number of nitrogens with one attached hydrogen (secondary N) is 1. The van der Waals surface area contributed by atoms with Gasteiger partial charge in [0.05, 0.1) is 17.8 Å². The summed E-state index contributed by atoms with van der Waals surface area (Å²) in [6, 6.07) is 17.0. The van der Waals surface area contributed by atoms with Crippen LogP contribution in [0.5, 0.6) is 11.5 Å². The Kier molecular flexibility index (Phi) is 5.76. The average molecular weight is 429 g/mol. The van der Waals surface area contributed by atoms with Crippen LogP contribution in [0, 0.1) is 5.92 Å². The number of fused-ring (bicyclic) bond motifs is 1. The lowest BCUT2D eigenvalue weighted by Gasteiger charge is -2.32. The lowest BCUT2D eigenvalue weighted by molar-refractivity contribution is -0.121. The average Bonchev–Trinajstić information content (AvgIpc) is 3.29. The number of aromatic nitrogens is 3. The van der Waals surface area contributed by atoms with Crippen molar-refractivity contribution in [2.75, 3.05) is 18.4 Å². The monoisotopic (exact) mass is 429 g/mol. The molecule has 1 fully saturated rings. The highest BCUT2D eigenvalue weighted by molar-refractivity contribution is 5.94. The largest absolute Gasteiger partial charge is 0.454 e. The summed E-state index contributed by atoms with van der Waals surface area (Å²) >= 11 is 0. The number of carbonyl (C=O) groups excluding carboxylic acids is 1. The van der Waals surface area contributed by atoms with Crippen LogP contribution in [0.1, 0.15) is 18.4 Å². The van der Waals surface area contributed by atoms with E-state index in [-0.39, 0.29) is 11.8 Å². The molecule has 0 bridgehead atoms. The van der Waals surface area contributed by atoms with Gasteiger partial charge in [-0.15, -0.1) is 0 Å². The molecular weight excluding hydrogens is 406 g/mol. The van der Waals surface area contributed by atoms with E-state index in [0.717, 1.165) is 42.5 Å². The fourth-order valence-electron chi connectivity index (χ4n) is 4.03. The Bertz CT molecular complexity index is 1210. The number of hydrogen-bond donors (Lipinski definition) is 1. The molecule has 1 amide bonds. The first-order valence-corrected chi connectivity index (χ1v) is 10.7. The smallest absolute Gasteiger partial charge is 0.228 e. The number of rotatable bonds is 6. The molecule has 162 valence electrons. The van der Waals surface area contributed by atoms with Gasteiger partial charge in [0.2, 0.25) is 5.91 Å². The highest BCUT2D eigenvalue weighted by Crippen LogP contribution is 2.30. The normalized spacial score (nSPS) is 16.7. The summed E-state index contributed by atoms with van der Waals surface area (Å²) in [5.74, 6) is 1.13. The molecule has 1 N–H and O–H groups in total. The Morgan fingerprint density at radius 1 is 1.12 bits per heavy atom. The van der Waals surface area contributed by atoms with E-state index < -0.39 is 0 Å². The van der Waals surface area contributed by atoms with Crippen molar-refractivity contribution >= 4 is 22.6 Å². The van der Waals surface area contributed by atoms with E-state index in [1.54, 1.807) is 12.4 Å². The Labute approximate surface area is 185 Å². The molecule has 0 radical (unpaired) electrons. The molecule has 8 heteroatoms. The number of amides is 1. The molecule has 1 atom stereocenters. The van der Waals surface area contributed by atoms with E-state index >= 15 is 0 Å². The van der Waals surface area contributed by atoms with Gasteiger partial charge >= 0.3 is 0 Å². The molecule has 0 spiro atoms. The number of nitrogens with zero attached hydrogens (tertiary/aromatic N) is 4. The number of para-hydroxylation sites is 2. The van der Waals surface area contributed by atoms with Gasteiger partial charge in [0.1, 0.15) is 16.8 Å². The second-order valence-corrected chi connectivity index (χ2v) is 7.94. The molecule has 0 saturated carbocycles. The van der Waals surface area contributed by atoms with E-state index in [0.29, 0.717) is 23.7 Å². The summed E-state index contributed by atoms with van der Waals surface area (Å²) in [4.78, 5) is 19.5. The van der Waals surface area contributed by atoms with Gasteiger partial charge in [-0.05, 0) is 71.7 Å². The predicted molar refractivity (Wildman–Crippen MR) is 119 cm³/mol. The van der Waals surface area contributed by atoms with E-state index in [1.807, 2.05) is 54.6 Å². The summed E-state index contributed by atoms with van der Waals surface area (Å²) < 4.78 is 10.7.